The predicted octanol–water partition coefficient (Wildman–Crippen LogP) is 0.972. The maximum atomic E-state index is 13.8. The molecule has 2 aliphatic heterocycles. The Kier molecular flexibility index (Phi) is 2.75. The number of hydrogen-bond acceptors (Lipinski definition) is 4. The van der Waals surface area contributed by atoms with Crippen molar-refractivity contribution in [2.75, 3.05) is 0 Å². The van der Waals surface area contributed by atoms with Crippen LogP contribution in [0.4, 0.5) is 4.39 Å². The molecule has 4 nitrogen and oxygen atoms in total. The zero-order chi connectivity index (χ0) is 11.2. The van der Waals surface area contributed by atoms with E-state index < -0.39 is 36.6 Å². The van der Waals surface area contributed by atoms with Gasteiger partial charge in [0.05, 0.1) is 6.10 Å². The number of aliphatic hydroxyl groups is 1. The fourth-order valence-corrected chi connectivity index (χ4v) is 2.03. The van der Waals surface area contributed by atoms with Crippen LogP contribution in [-0.2, 0) is 14.2 Å². The van der Waals surface area contributed by atoms with E-state index in [2.05, 4.69) is 0 Å². The van der Waals surface area contributed by atoms with Gasteiger partial charge in [-0.2, -0.15) is 0 Å². The summed E-state index contributed by atoms with van der Waals surface area (Å²) in [5.74, 6) is -0.804. The molecule has 2 rings (SSSR count). The maximum Gasteiger partial charge on any atom is 0.190 e. The zero-order valence-corrected chi connectivity index (χ0v) is 9.14. The average Bonchev–Trinajstić information content (AvgIpc) is 2.60. The smallest absolute Gasteiger partial charge is 0.190 e. The van der Waals surface area contributed by atoms with Gasteiger partial charge in [-0.3, -0.25) is 0 Å². The van der Waals surface area contributed by atoms with Gasteiger partial charge in [-0.25, -0.2) is 4.39 Å². The molecule has 0 aromatic rings. The largest absolute Gasteiger partial charge is 0.390 e. The van der Waals surface area contributed by atoms with Crippen LogP contribution in [0.25, 0.3) is 0 Å². The SMILES string of the molecule is CCC(O)[C@H]1O[C@@H]2OC(C)(C)O[C@@H]2[C@H]1F. The van der Waals surface area contributed by atoms with E-state index in [0.717, 1.165) is 0 Å². The van der Waals surface area contributed by atoms with Gasteiger partial charge in [-0.1, -0.05) is 6.92 Å². The summed E-state index contributed by atoms with van der Waals surface area (Å²) in [6.45, 7) is 5.21. The number of ether oxygens (including phenoxy) is 3. The Balaban J connectivity index is 2.05. The van der Waals surface area contributed by atoms with Crippen molar-refractivity contribution in [1.29, 1.82) is 0 Å². The molecule has 15 heavy (non-hydrogen) atoms. The van der Waals surface area contributed by atoms with Crippen molar-refractivity contribution in [3.63, 3.8) is 0 Å². The molecule has 1 unspecified atom stereocenters. The van der Waals surface area contributed by atoms with E-state index in [9.17, 15) is 9.50 Å². The lowest BCUT2D eigenvalue weighted by Gasteiger charge is -2.24. The summed E-state index contributed by atoms with van der Waals surface area (Å²) >= 11 is 0. The second-order valence-electron chi connectivity index (χ2n) is 4.49. The van der Waals surface area contributed by atoms with Crippen LogP contribution in [0, 0.1) is 0 Å². The molecule has 2 aliphatic rings. The Bertz CT molecular complexity index is 246. The molecule has 0 aliphatic carbocycles. The fourth-order valence-electron chi connectivity index (χ4n) is 2.03. The Hall–Kier alpha value is -0.230. The number of fused-ring (bicyclic) bond motifs is 1. The Morgan fingerprint density at radius 3 is 2.60 bits per heavy atom. The standard InChI is InChI=1S/C10H17FO4/c1-4-5(12)7-6(11)8-9(13-7)15-10(2,3)14-8/h5-9,12H,4H2,1-3H3/t5?,6-,7+,8+,9+/m0/s1. The maximum absolute atomic E-state index is 13.8. The number of rotatable bonds is 2. The van der Waals surface area contributed by atoms with Crippen LogP contribution in [-0.4, -0.2) is 41.7 Å². The van der Waals surface area contributed by atoms with E-state index in [1.807, 2.05) is 0 Å². The summed E-state index contributed by atoms with van der Waals surface area (Å²) in [7, 11) is 0. The van der Waals surface area contributed by atoms with Gasteiger partial charge >= 0.3 is 0 Å². The van der Waals surface area contributed by atoms with Gasteiger partial charge < -0.3 is 19.3 Å². The van der Waals surface area contributed by atoms with Gasteiger partial charge in [-0.15, -0.1) is 0 Å². The van der Waals surface area contributed by atoms with Crippen molar-refractivity contribution in [2.45, 2.75) is 63.8 Å². The monoisotopic (exact) mass is 220 g/mol. The molecule has 0 aromatic carbocycles. The Labute approximate surface area is 88.3 Å². The summed E-state index contributed by atoms with van der Waals surface area (Å²) in [5, 5.41) is 9.54. The van der Waals surface area contributed by atoms with Gasteiger partial charge in [0.15, 0.2) is 18.2 Å². The molecule has 0 radical (unpaired) electrons. The minimum absolute atomic E-state index is 0.452. The van der Waals surface area contributed by atoms with Gasteiger partial charge in [0.2, 0.25) is 0 Å². The average molecular weight is 220 g/mol. The third-order valence-electron chi connectivity index (χ3n) is 2.80. The van der Waals surface area contributed by atoms with Crippen LogP contribution in [0.2, 0.25) is 0 Å². The van der Waals surface area contributed by atoms with Crippen LogP contribution in [0.15, 0.2) is 0 Å². The first-order valence-corrected chi connectivity index (χ1v) is 5.28. The molecule has 88 valence electrons. The quantitative estimate of drug-likeness (QED) is 0.753. The molecule has 2 saturated heterocycles. The van der Waals surface area contributed by atoms with Gasteiger partial charge in [0.25, 0.3) is 0 Å². The lowest BCUT2D eigenvalue weighted by Crippen LogP contribution is -2.38. The molecule has 1 N–H and O–H groups in total. The molecule has 0 spiro atoms. The highest BCUT2D eigenvalue weighted by atomic mass is 19.1. The lowest BCUT2D eigenvalue weighted by atomic mass is 10.1. The van der Waals surface area contributed by atoms with Gasteiger partial charge in [0.1, 0.15) is 12.2 Å². The first kappa shape index (κ1) is 11.3. The van der Waals surface area contributed by atoms with E-state index in [-0.39, 0.29) is 0 Å². The summed E-state index contributed by atoms with van der Waals surface area (Å²) in [6.07, 6.45) is -3.92. The molecule has 0 aromatic heterocycles. The summed E-state index contributed by atoms with van der Waals surface area (Å²) in [4.78, 5) is 0. The molecule has 0 amide bonds. The number of aliphatic hydroxyl groups excluding tert-OH is 1. The minimum atomic E-state index is -1.33. The molecule has 5 heteroatoms. The van der Waals surface area contributed by atoms with E-state index >= 15 is 0 Å². The highest BCUT2D eigenvalue weighted by Crippen LogP contribution is 2.39. The van der Waals surface area contributed by atoms with Crippen LogP contribution in [0.1, 0.15) is 27.2 Å². The summed E-state index contributed by atoms with van der Waals surface area (Å²) < 4.78 is 29.9. The first-order chi connectivity index (χ1) is 6.94. The molecular weight excluding hydrogens is 203 g/mol. The van der Waals surface area contributed by atoms with Crippen molar-refractivity contribution in [1.82, 2.24) is 0 Å². The van der Waals surface area contributed by atoms with Gasteiger partial charge in [-0.05, 0) is 20.3 Å². The van der Waals surface area contributed by atoms with Crippen molar-refractivity contribution in [3.8, 4) is 0 Å². The van der Waals surface area contributed by atoms with Gasteiger partial charge in [0, 0.05) is 0 Å². The second-order valence-corrected chi connectivity index (χ2v) is 4.49. The molecule has 2 fully saturated rings. The number of hydrogen-bond donors (Lipinski definition) is 1. The molecule has 0 bridgehead atoms. The molecule has 5 atom stereocenters. The predicted molar refractivity (Wildman–Crippen MR) is 49.9 cm³/mol. The van der Waals surface area contributed by atoms with E-state index in [0.29, 0.717) is 6.42 Å². The second kappa shape index (κ2) is 3.66. The normalized spacial score (nSPS) is 45.4. The molecule has 0 saturated carbocycles. The summed E-state index contributed by atoms with van der Waals surface area (Å²) in [5.41, 5.74) is 0. The highest BCUT2D eigenvalue weighted by molar-refractivity contribution is 4.95. The number of halogens is 1. The molecular formula is C10H17FO4. The van der Waals surface area contributed by atoms with Crippen LogP contribution in [0.3, 0.4) is 0 Å². The van der Waals surface area contributed by atoms with E-state index in [4.69, 9.17) is 14.2 Å². The fraction of sp³-hybridized carbons (Fsp3) is 1.00. The van der Waals surface area contributed by atoms with Crippen LogP contribution >= 0.6 is 0 Å². The van der Waals surface area contributed by atoms with Crippen molar-refractivity contribution >= 4 is 0 Å². The third kappa shape index (κ3) is 1.89. The van der Waals surface area contributed by atoms with E-state index in [1.54, 1.807) is 20.8 Å². The highest BCUT2D eigenvalue weighted by Gasteiger charge is 2.56. The number of alkyl halides is 1. The van der Waals surface area contributed by atoms with Crippen molar-refractivity contribution in [3.05, 3.63) is 0 Å². The Morgan fingerprint density at radius 2 is 2.07 bits per heavy atom. The summed E-state index contributed by atoms with van der Waals surface area (Å²) in [6, 6.07) is 0. The topological polar surface area (TPSA) is 47.9 Å². The lowest BCUT2D eigenvalue weighted by molar-refractivity contribution is -0.221. The van der Waals surface area contributed by atoms with Crippen molar-refractivity contribution < 1.29 is 23.7 Å². The van der Waals surface area contributed by atoms with Crippen molar-refractivity contribution in [2.24, 2.45) is 0 Å². The Morgan fingerprint density at radius 1 is 1.40 bits per heavy atom. The third-order valence-corrected chi connectivity index (χ3v) is 2.80. The first-order valence-electron chi connectivity index (χ1n) is 5.28. The van der Waals surface area contributed by atoms with Crippen LogP contribution in [0.5, 0.6) is 0 Å². The van der Waals surface area contributed by atoms with E-state index in [1.165, 1.54) is 0 Å². The van der Waals surface area contributed by atoms with Crippen LogP contribution < -0.4 is 0 Å². The minimum Gasteiger partial charge on any atom is -0.390 e. The zero-order valence-electron chi connectivity index (χ0n) is 9.14. The molecule has 2 heterocycles.